The lowest BCUT2D eigenvalue weighted by molar-refractivity contribution is 1.18. The molecule has 2 heteroatoms. The Morgan fingerprint density at radius 2 is 0.769 bits per heavy atom. The number of hydrogen-bond donors (Lipinski definition) is 0. The van der Waals surface area contributed by atoms with Crippen LogP contribution in [0.25, 0.3) is 71.3 Å². The molecule has 0 aliphatic rings. The van der Waals surface area contributed by atoms with Crippen molar-refractivity contribution < 1.29 is 0 Å². The van der Waals surface area contributed by atoms with Gasteiger partial charge in [-0.05, 0) is 104 Å². The van der Waals surface area contributed by atoms with Gasteiger partial charge in [0.2, 0.25) is 0 Å². The quantitative estimate of drug-likeness (QED) is 0.172. The van der Waals surface area contributed by atoms with Gasteiger partial charge >= 0.3 is 0 Å². The Balaban J connectivity index is 1.16. The molecule has 0 bridgehead atoms. The largest absolute Gasteiger partial charge is 0.310 e. The van der Waals surface area contributed by atoms with Gasteiger partial charge in [0.1, 0.15) is 0 Å². The minimum atomic E-state index is 1.10. The first-order valence-electron chi connectivity index (χ1n) is 17.8. The molecule has 0 radical (unpaired) electrons. The summed E-state index contributed by atoms with van der Waals surface area (Å²) in [6.07, 6.45) is 0. The summed E-state index contributed by atoms with van der Waals surface area (Å²) in [7, 11) is 0. The van der Waals surface area contributed by atoms with Gasteiger partial charge in [0.15, 0.2) is 0 Å². The van der Waals surface area contributed by atoms with Crippen LogP contribution in [0.2, 0.25) is 0 Å². The summed E-state index contributed by atoms with van der Waals surface area (Å²) >= 11 is 0. The Morgan fingerprint density at radius 3 is 1.50 bits per heavy atom. The number of fused-ring (bicyclic) bond motifs is 5. The van der Waals surface area contributed by atoms with Gasteiger partial charge in [0.05, 0.1) is 11.0 Å². The van der Waals surface area contributed by atoms with E-state index in [1.807, 2.05) is 0 Å². The second-order valence-corrected chi connectivity index (χ2v) is 13.4. The van der Waals surface area contributed by atoms with Crippen LogP contribution in [0.4, 0.5) is 17.1 Å². The normalized spacial score (nSPS) is 11.5. The number of nitrogens with zero attached hydrogens (tertiary/aromatic N) is 2. The van der Waals surface area contributed by atoms with Crippen molar-refractivity contribution >= 4 is 60.4 Å². The van der Waals surface area contributed by atoms with Crippen LogP contribution in [0, 0.1) is 0 Å². The Labute approximate surface area is 303 Å². The maximum absolute atomic E-state index is 2.44. The molecule has 0 aliphatic heterocycles. The van der Waals surface area contributed by atoms with Crippen molar-refractivity contribution in [2.75, 3.05) is 4.90 Å². The van der Waals surface area contributed by atoms with E-state index in [9.17, 15) is 0 Å². The summed E-state index contributed by atoms with van der Waals surface area (Å²) in [5, 5.41) is 7.43. The maximum atomic E-state index is 2.44. The van der Waals surface area contributed by atoms with Crippen LogP contribution in [-0.4, -0.2) is 4.57 Å². The molecule has 1 aromatic heterocycles. The van der Waals surface area contributed by atoms with Crippen molar-refractivity contribution in [2.45, 2.75) is 0 Å². The lowest BCUT2D eigenvalue weighted by Crippen LogP contribution is -2.10. The second kappa shape index (κ2) is 12.5. The van der Waals surface area contributed by atoms with Crippen LogP contribution in [0.15, 0.2) is 206 Å². The molecular formula is C50H34N2. The topological polar surface area (TPSA) is 8.17 Å². The summed E-state index contributed by atoms with van der Waals surface area (Å²) in [5.41, 5.74) is 11.7. The Bertz CT molecular complexity index is 2890. The van der Waals surface area contributed by atoms with Crippen molar-refractivity contribution in [3.05, 3.63) is 206 Å². The zero-order valence-electron chi connectivity index (χ0n) is 28.5. The lowest BCUT2D eigenvalue weighted by atomic mass is 10.0. The number of para-hydroxylation sites is 1. The molecule has 0 aliphatic carbocycles. The Morgan fingerprint density at radius 1 is 0.288 bits per heavy atom. The molecule has 0 spiro atoms. The molecule has 9 aromatic carbocycles. The summed E-state index contributed by atoms with van der Waals surface area (Å²) in [6.45, 7) is 0. The molecule has 0 N–H and O–H groups in total. The van der Waals surface area contributed by atoms with Gasteiger partial charge < -0.3 is 9.47 Å². The van der Waals surface area contributed by atoms with Crippen LogP contribution in [-0.2, 0) is 0 Å². The molecule has 244 valence electrons. The van der Waals surface area contributed by atoms with Crippen LogP contribution < -0.4 is 4.90 Å². The summed E-state index contributed by atoms with van der Waals surface area (Å²) in [4.78, 5) is 2.36. The number of rotatable bonds is 6. The van der Waals surface area contributed by atoms with Crippen molar-refractivity contribution in [2.24, 2.45) is 0 Å². The minimum absolute atomic E-state index is 1.10. The molecule has 0 unspecified atom stereocenters. The maximum Gasteiger partial charge on any atom is 0.0561 e. The summed E-state index contributed by atoms with van der Waals surface area (Å²) < 4.78 is 2.44. The molecular weight excluding hydrogens is 629 g/mol. The number of benzene rings is 9. The van der Waals surface area contributed by atoms with Gasteiger partial charge in [-0.2, -0.15) is 0 Å². The highest BCUT2D eigenvalue weighted by Gasteiger charge is 2.18. The number of anilines is 3. The second-order valence-electron chi connectivity index (χ2n) is 13.4. The minimum Gasteiger partial charge on any atom is -0.310 e. The first-order valence-corrected chi connectivity index (χ1v) is 17.8. The van der Waals surface area contributed by atoms with E-state index >= 15 is 0 Å². The van der Waals surface area contributed by atoms with E-state index in [1.165, 1.54) is 65.6 Å². The van der Waals surface area contributed by atoms with Gasteiger partial charge in [0.25, 0.3) is 0 Å². The third-order valence-corrected chi connectivity index (χ3v) is 10.3. The van der Waals surface area contributed by atoms with E-state index < -0.39 is 0 Å². The number of aromatic nitrogens is 1. The van der Waals surface area contributed by atoms with Crippen molar-refractivity contribution in [1.82, 2.24) is 4.57 Å². The van der Waals surface area contributed by atoms with Gasteiger partial charge in [-0.1, -0.05) is 146 Å². The van der Waals surface area contributed by atoms with Gasteiger partial charge in [-0.15, -0.1) is 0 Å². The van der Waals surface area contributed by atoms with Crippen LogP contribution in [0.3, 0.4) is 0 Å². The molecule has 52 heavy (non-hydrogen) atoms. The van der Waals surface area contributed by atoms with Gasteiger partial charge in [-0.3, -0.25) is 0 Å². The molecule has 10 aromatic rings. The first kappa shape index (κ1) is 30.0. The lowest BCUT2D eigenvalue weighted by Gasteiger charge is -2.26. The van der Waals surface area contributed by atoms with Crippen LogP contribution in [0.1, 0.15) is 0 Å². The van der Waals surface area contributed by atoms with Crippen molar-refractivity contribution in [1.29, 1.82) is 0 Å². The molecule has 0 saturated carbocycles. The van der Waals surface area contributed by atoms with Gasteiger partial charge in [-0.25, -0.2) is 0 Å². The first-order chi connectivity index (χ1) is 25.8. The zero-order valence-corrected chi connectivity index (χ0v) is 28.5. The van der Waals surface area contributed by atoms with Crippen LogP contribution >= 0.6 is 0 Å². The third-order valence-electron chi connectivity index (χ3n) is 10.3. The fourth-order valence-corrected chi connectivity index (χ4v) is 7.75. The molecule has 0 fully saturated rings. The van der Waals surface area contributed by atoms with Gasteiger partial charge in [0, 0.05) is 33.5 Å². The van der Waals surface area contributed by atoms with E-state index in [0.29, 0.717) is 0 Å². The number of hydrogen-bond acceptors (Lipinski definition) is 1. The van der Waals surface area contributed by atoms with Crippen molar-refractivity contribution in [3.63, 3.8) is 0 Å². The predicted octanol–water partition coefficient (Wildman–Crippen LogP) is 13.9. The third kappa shape index (κ3) is 5.21. The molecule has 0 amide bonds. The Hall–Kier alpha value is -6.90. The monoisotopic (exact) mass is 662 g/mol. The standard InChI is InChI=1S/C50H34N2/c1-3-11-35(12-4-1)42-24-29-47-48-30-28-46(34-50(48)52(49(47)33-42)45-27-23-37-14-8-10-16-40(37)32-45)51(43-17-5-2-6-18-43)44-25-21-38(22-26-44)41-20-19-36-13-7-9-15-39(36)31-41/h1-34H. The summed E-state index contributed by atoms with van der Waals surface area (Å²) in [5.74, 6) is 0. The SMILES string of the molecule is c1ccc(-c2ccc3c4ccc(N(c5ccccc5)c5ccc(-c6ccc7ccccc7c6)cc5)cc4n(-c4ccc5ccccc5c4)c3c2)cc1. The van der Waals surface area contributed by atoms with E-state index in [2.05, 4.69) is 216 Å². The zero-order chi connectivity index (χ0) is 34.4. The molecule has 1 heterocycles. The fraction of sp³-hybridized carbons (Fsp3) is 0. The van der Waals surface area contributed by atoms with Crippen LogP contribution in [0.5, 0.6) is 0 Å². The molecule has 10 rings (SSSR count). The molecule has 2 nitrogen and oxygen atoms in total. The highest BCUT2D eigenvalue weighted by molar-refractivity contribution is 6.11. The van der Waals surface area contributed by atoms with E-state index in [4.69, 9.17) is 0 Å². The highest BCUT2D eigenvalue weighted by atomic mass is 15.1. The molecule has 0 atom stereocenters. The smallest absolute Gasteiger partial charge is 0.0561 e. The predicted molar refractivity (Wildman–Crippen MR) is 221 cm³/mol. The Kier molecular flexibility index (Phi) is 7.18. The van der Waals surface area contributed by atoms with E-state index in [1.54, 1.807) is 0 Å². The fourth-order valence-electron chi connectivity index (χ4n) is 7.75. The summed E-state index contributed by atoms with van der Waals surface area (Å²) in [6, 6.07) is 74.8. The average Bonchev–Trinajstić information content (AvgIpc) is 3.54. The highest BCUT2D eigenvalue weighted by Crippen LogP contribution is 2.41. The molecule has 0 saturated heterocycles. The average molecular weight is 663 g/mol. The van der Waals surface area contributed by atoms with Crippen molar-refractivity contribution in [3.8, 4) is 27.9 Å². The van der Waals surface area contributed by atoms with E-state index in [0.717, 1.165) is 22.7 Å². The van der Waals surface area contributed by atoms with E-state index in [-0.39, 0.29) is 0 Å².